The second kappa shape index (κ2) is 6.70. The molecular weight excluding hydrogens is 310 g/mol. The Bertz CT molecular complexity index is 691. The van der Waals surface area contributed by atoms with Crippen LogP contribution in [0, 0.1) is 13.8 Å². The van der Waals surface area contributed by atoms with Crippen LogP contribution < -0.4 is 0 Å². The average molecular weight is 331 g/mol. The molecule has 0 N–H and O–H groups in total. The summed E-state index contributed by atoms with van der Waals surface area (Å²) in [4.78, 5) is 14.3. The standard InChI is InChI=1S/C16H21N5OS/c1-11-10-12(2)21(19-11)14-6-7-15(18-17-14)23-13(3)16(22)20-8-4-5-9-20/h6-7,10,13H,4-5,8-9H2,1-3H3/t13-/m0/s1. The van der Waals surface area contributed by atoms with Crippen LogP contribution >= 0.6 is 11.8 Å². The fourth-order valence-corrected chi connectivity index (χ4v) is 3.62. The predicted molar refractivity (Wildman–Crippen MR) is 89.8 cm³/mol. The molecule has 3 rings (SSSR count). The lowest BCUT2D eigenvalue weighted by molar-refractivity contribution is -0.129. The summed E-state index contributed by atoms with van der Waals surface area (Å²) >= 11 is 1.46. The first-order valence-corrected chi connectivity index (χ1v) is 8.75. The summed E-state index contributed by atoms with van der Waals surface area (Å²) in [5.41, 5.74) is 1.97. The van der Waals surface area contributed by atoms with Gasteiger partial charge in [-0.3, -0.25) is 4.79 Å². The predicted octanol–water partition coefficient (Wildman–Crippen LogP) is 2.38. The summed E-state index contributed by atoms with van der Waals surface area (Å²) in [7, 11) is 0. The van der Waals surface area contributed by atoms with Crippen molar-refractivity contribution in [1.82, 2.24) is 24.9 Å². The van der Waals surface area contributed by atoms with Crippen molar-refractivity contribution in [3.63, 3.8) is 0 Å². The minimum atomic E-state index is -0.137. The Morgan fingerprint density at radius 2 is 1.96 bits per heavy atom. The molecule has 6 nitrogen and oxygen atoms in total. The van der Waals surface area contributed by atoms with Gasteiger partial charge in [0.25, 0.3) is 0 Å². The number of thioether (sulfide) groups is 1. The van der Waals surface area contributed by atoms with E-state index in [1.807, 2.05) is 43.9 Å². The number of likely N-dealkylation sites (tertiary alicyclic amines) is 1. The summed E-state index contributed by atoms with van der Waals surface area (Å²) in [6.45, 7) is 7.63. The van der Waals surface area contributed by atoms with Gasteiger partial charge in [0.2, 0.25) is 5.91 Å². The van der Waals surface area contributed by atoms with E-state index in [1.165, 1.54) is 11.8 Å². The number of carbonyl (C=O) groups is 1. The van der Waals surface area contributed by atoms with E-state index >= 15 is 0 Å². The molecule has 0 radical (unpaired) electrons. The number of hydrogen-bond donors (Lipinski definition) is 0. The Morgan fingerprint density at radius 1 is 1.22 bits per heavy atom. The summed E-state index contributed by atoms with van der Waals surface area (Å²) in [5, 5.41) is 13.5. The van der Waals surface area contributed by atoms with Crippen LogP contribution in [0.3, 0.4) is 0 Å². The van der Waals surface area contributed by atoms with Crippen molar-refractivity contribution in [1.29, 1.82) is 0 Å². The highest BCUT2D eigenvalue weighted by molar-refractivity contribution is 8.00. The lowest BCUT2D eigenvalue weighted by Crippen LogP contribution is -2.34. The monoisotopic (exact) mass is 331 g/mol. The molecule has 0 saturated carbocycles. The Morgan fingerprint density at radius 3 is 2.52 bits per heavy atom. The van der Waals surface area contributed by atoms with Crippen molar-refractivity contribution < 1.29 is 4.79 Å². The van der Waals surface area contributed by atoms with Crippen LogP contribution in [0.1, 0.15) is 31.2 Å². The van der Waals surface area contributed by atoms with Crippen LogP contribution in [-0.2, 0) is 4.79 Å². The minimum Gasteiger partial charge on any atom is -0.342 e. The summed E-state index contributed by atoms with van der Waals surface area (Å²) in [6, 6.07) is 5.79. The van der Waals surface area contributed by atoms with E-state index in [2.05, 4.69) is 15.3 Å². The van der Waals surface area contributed by atoms with E-state index in [1.54, 1.807) is 4.68 Å². The third-order valence-electron chi connectivity index (χ3n) is 3.92. The fraction of sp³-hybridized carbons (Fsp3) is 0.500. The second-order valence-electron chi connectivity index (χ2n) is 5.86. The third-order valence-corrected chi connectivity index (χ3v) is 4.93. The SMILES string of the molecule is Cc1cc(C)n(-c2ccc(S[C@@H](C)C(=O)N3CCCC3)nn2)n1. The number of carbonyl (C=O) groups excluding carboxylic acids is 1. The topological polar surface area (TPSA) is 63.9 Å². The number of rotatable bonds is 4. The van der Waals surface area contributed by atoms with Crippen LogP contribution in [-0.4, -0.2) is 49.1 Å². The molecule has 2 aromatic heterocycles. The highest BCUT2D eigenvalue weighted by Gasteiger charge is 2.24. The number of hydrogen-bond acceptors (Lipinski definition) is 5. The highest BCUT2D eigenvalue weighted by Crippen LogP contribution is 2.24. The highest BCUT2D eigenvalue weighted by atomic mass is 32.2. The van der Waals surface area contributed by atoms with Crippen molar-refractivity contribution in [2.75, 3.05) is 13.1 Å². The number of aryl methyl sites for hydroxylation is 2. The van der Waals surface area contributed by atoms with Crippen molar-refractivity contribution in [2.45, 2.75) is 43.9 Å². The number of amides is 1. The molecule has 23 heavy (non-hydrogen) atoms. The number of nitrogens with zero attached hydrogens (tertiary/aromatic N) is 5. The number of aromatic nitrogens is 4. The van der Waals surface area contributed by atoms with Crippen molar-refractivity contribution in [3.8, 4) is 5.82 Å². The molecule has 0 spiro atoms. The van der Waals surface area contributed by atoms with E-state index in [4.69, 9.17) is 0 Å². The van der Waals surface area contributed by atoms with Crippen molar-refractivity contribution in [2.24, 2.45) is 0 Å². The Hall–Kier alpha value is -1.89. The van der Waals surface area contributed by atoms with E-state index in [-0.39, 0.29) is 11.2 Å². The molecule has 7 heteroatoms. The van der Waals surface area contributed by atoms with Gasteiger partial charge in [-0.15, -0.1) is 10.2 Å². The molecule has 3 heterocycles. The molecule has 1 aliphatic rings. The zero-order valence-electron chi connectivity index (χ0n) is 13.7. The Kier molecular flexibility index (Phi) is 4.66. The third kappa shape index (κ3) is 3.55. The first-order valence-electron chi connectivity index (χ1n) is 7.87. The van der Waals surface area contributed by atoms with Gasteiger partial charge in [-0.25, -0.2) is 4.68 Å². The molecule has 0 bridgehead atoms. The van der Waals surface area contributed by atoms with Crippen LogP contribution in [0.2, 0.25) is 0 Å². The van der Waals surface area contributed by atoms with Gasteiger partial charge in [-0.1, -0.05) is 11.8 Å². The lowest BCUT2D eigenvalue weighted by atomic mass is 10.4. The summed E-state index contributed by atoms with van der Waals surface area (Å²) < 4.78 is 1.77. The lowest BCUT2D eigenvalue weighted by Gasteiger charge is -2.19. The van der Waals surface area contributed by atoms with E-state index in [0.717, 1.165) is 42.3 Å². The molecular formula is C16H21N5OS. The van der Waals surface area contributed by atoms with E-state index < -0.39 is 0 Å². The molecule has 1 saturated heterocycles. The molecule has 0 unspecified atom stereocenters. The van der Waals surface area contributed by atoms with Crippen LogP contribution in [0.15, 0.2) is 23.2 Å². The maximum atomic E-state index is 12.3. The second-order valence-corrected chi connectivity index (χ2v) is 7.22. The van der Waals surface area contributed by atoms with Gasteiger partial charge in [0.15, 0.2) is 5.82 Å². The van der Waals surface area contributed by atoms with E-state index in [9.17, 15) is 4.79 Å². The molecule has 0 aliphatic carbocycles. The van der Waals surface area contributed by atoms with Gasteiger partial charge < -0.3 is 4.90 Å². The van der Waals surface area contributed by atoms with Gasteiger partial charge in [0.05, 0.1) is 10.9 Å². The van der Waals surface area contributed by atoms with Crippen LogP contribution in [0.5, 0.6) is 0 Å². The zero-order chi connectivity index (χ0) is 16.4. The van der Waals surface area contributed by atoms with Crippen LogP contribution in [0.25, 0.3) is 5.82 Å². The molecule has 0 aromatic carbocycles. The zero-order valence-corrected chi connectivity index (χ0v) is 14.5. The smallest absolute Gasteiger partial charge is 0.235 e. The maximum Gasteiger partial charge on any atom is 0.235 e. The van der Waals surface area contributed by atoms with Gasteiger partial charge in [-0.05, 0) is 51.8 Å². The van der Waals surface area contributed by atoms with Crippen LogP contribution in [0.4, 0.5) is 0 Å². The van der Waals surface area contributed by atoms with Gasteiger partial charge >= 0.3 is 0 Å². The van der Waals surface area contributed by atoms with Gasteiger partial charge in [-0.2, -0.15) is 5.10 Å². The van der Waals surface area contributed by atoms with Gasteiger partial charge in [0.1, 0.15) is 5.03 Å². The molecule has 122 valence electrons. The Balaban J connectivity index is 1.67. The molecule has 2 aromatic rings. The first kappa shape index (κ1) is 16.0. The van der Waals surface area contributed by atoms with Crippen molar-refractivity contribution in [3.05, 3.63) is 29.6 Å². The summed E-state index contributed by atoms with van der Waals surface area (Å²) in [5.74, 6) is 0.885. The maximum absolute atomic E-state index is 12.3. The minimum absolute atomic E-state index is 0.137. The molecule has 1 fully saturated rings. The van der Waals surface area contributed by atoms with Crippen molar-refractivity contribution >= 4 is 17.7 Å². The van der Waals surface area contributed by atoms with Gasteiger partial charge in [0, 0.05) is 18.8 Å². The molecule has 1 atom stereocenters. The molecule has 1 amide bonds. The largest absolute Gasteiger partial charge is 0.342 e. The average Bonchev–Trinajstić information content (AvgIpc) is 3.17. The molecule has 1 aliphatic heterocycles. The Labute approximate surface area is 140 Å². The first-order chi connectivity index (χ1) is 11.0. The normalized spacial score (nSPS) is 15.9. The fourth-order valence-electron chi connectivity index (χ4n) is 2.78. The summed E-state index contributed by atoms with van der Waals surface area (Å²) in [6.07, 6.45) is 2.22. The van der Waals surface area contributed by atoms with E-state index in [0.29, 0.717) is 5.82 Å². The quantitative estimate of drug-likeness (QED) is 0.805.